The molecule has 1 aromatic carbocycles. The third-order valence-electron chi connectivity index (χ3n) is 4.43. The predicted molar refractivity (Wildman–Crippen MR) is 85.5 cm³/mol. The lowest BCUT2D eigenvalue weighted by molar-refractivity contribution is 0.0183. The highest BCUT2D eigenvalue weighted by atomic mass is 32.1. The Morgan fingerprint density at radius 2 is 2.05 bits per heavy atom. The van der Waals surface area contributed by atoms with Gasteiger partial charge in [0.2, 0.25) is 0 Å². The summed E-state index contributed by atoms with van der Waals surface area (Å²) in [6.45, 7) is 4.89. The van der Waals surface area contributed by atoms with E-state index in [0.717, 1.165) is 50.3 Å². The summed E-state index contributed by atoms with van der Waals surface area (Å²) >= 11 is 4.63. The molecular weight excluding hydrogens is 268 g/mol. The molecule has 0 atom stereocenters. The van der Waals surface area contributed by atoms with Crippen LogP contribution in [0.25, 0.3) is 11.0 Å². The Morgan fingerprint density at radius 3 is 2.75 bits per heavy atom. The standard InChI is InChI=1S/C16H22N2OS/c1-2-15-17-13-5-3-4-6-14(13)18(15)11-16(12-20)7-9-19-10-8-16/h3-6,20H,2,7-12H2,1H3. The molecule has 108 valence electrons. The highest BCUT2D eigenvalue weighted by Crippen LogP contribution is 2.35. The van der Waals surface area contributed by atoms with E-state index in [-0.39, 0.29) is 5.41 Å². The predicted octanol–water partition coefficient (Wildman–Crippen LogP) is 3.33. The van der Waals surface area contributed by atoms with Gasteiger partial charge in [-0.25, -0.2) is 4.98 Å². The van der Waals surface area contributed by atoms with Crippen molar-refractivity contribution in [3.63, 3.8) is 0 Å². The summed E-state index contributed by atoms with van der Waals surface area (Å²) in [5.74, 6) is 2.09. The number of fused-ring (bicyclic) bond motifs is 1. The number of nitrogens with zero attached hydrogens (tertiary/aromatic N) is 2. The first-order valence-corrected chi connectivity index (χ1v) is 8.04. The first-order valence-electron chi connectivity index (χ1n) is 7.41. The van der Waals surface area contributed by atoms with Crippen LogP contribution < -0.4 is 0 Å². The van der Waals surface area contributed by atoms with E-state index in [9.17, 15) is 0 Å². The molecule has 4 heteroatoms. The molecule has 1 saturated heterocycles. The van der Waals surface area contributed by atoms with Crippen LogP contribution in [-0.2, 0) is 17.7 Å². The van der Waals surface area contributed by atoms with Crippen molar-refractivity contribution < 1.29 is 4.74 Å². The molecular formula is C16H22N2OS. The van der Waals surface area contributed by atoms with Crippen LogP contribution in [0.5, 0.6) is 0 Å². The Bertz CT molecular complexity index is 587. The van der Waals surface area contributed by atoms with Crippen LogP contribution in [0, 0.1) is 5.41 Å². The number of hydrogen-bond acceptors (Lipinski definition) is 3. The molecule has 0 spiro atoms. The van der Waals surface area contributed by atoms with E-state index in [4.69, 9.17) is 9.72 Å². The third kappa shape index (κ3) is 2.47. The zero-order valence-electron chi connectivity index (χ0n) is 12.0. The van der Waals surface area contributed by atoms with Gasteiger partial charge < -0.3 is 9.30 Å². The minimum Gasteiger partial charge on any atom is -0.381 e. The van der Waals surface area contributed by atoms with E-state index in [2.05, 4.69) is 48.4 Å². The first kappa shape index (κ1) is 14.0. The van der Waals surface area contributed by atoms with Gasteiger partial charge in [0.1, 0.15) is 5.82 Å². The van der Waals surface area contributed by atoms with Gasteiger partial charge in [-0.05, 0) is 30.7 Å². The maximum Gasteiger partial charge on any atom is 0.109 e. The summed E-state index contributed by atoms with van der Waals surface area (Å²) in [5, 5.41) is 0. The summed E-state index contributed by atoms with van der Waals surface area (Å²) < 4.78 is 7.93. The number of aryl methyl sites for hydroxylation is 1. The number of rotatable bonds is 4. The number of thiol groups is 1. The molecule has 3 nitrogen and oxygen atoms in total. The van der Waals surface area contributed by atoms with E-state index in [1.54, 1.807) is 0 Å². The minimum atomic E-state index is 0.245. The van der Waals surface area contributed by atoms with Crippen LogP contribution in [-0.4, -0.2) is 28.5 Å². The fourth-order valence-corrected chi connectivity index (χ4v) is 3.49. The largest absolute Gasteiger partial charge is 0.381 e. The van der Waals surface area contributed by atoms with Crippen LogP contribution in [0.3, 0.4) is 0 Å². The van der Waals surface area contributed by atoms with Gasteiger partial charge in [0, 0.05) is 31.6 Å². The molecule has 3 rings (SSSR count). The Kier molecular flexibility index (Phi) is 4.03. The molecule has 20 heavy (non-hydrogen) atoms. The third-order valence-corrected chi connectivity index (χ3v) is 5.10. The van der Waals surface area contributed by atoms with Crippen molar-refractivity contribution in [1.29, 1.82) is 0 Å². The lowest BCUT2D eigenvalue weighted by Gasteiger charge is -2.36. The van der Waals surface area contributed by atoms with Crippen molar-refractivity contribution in [2.45, 2.75) is 32.7 Å². The number of hydrogen-bond donors (Lipinski definition) is 1. The van der Waals surface area contributed by atoms with Gasteiger partial charge in [-0.1, -0.05) is 19.1 Å². The Labute approximate surface area is 125 Å². The minimum absolute atomic E-state index is 0.245. The number of benzene rings is 1. The Hall–Kier alpha value is -1.00. The van der Waals surface area contributed by atoms with Gasteiger partial charge in [0.15, 0.2) is 0 Å². The van der Waals surface area contributed by atoms with Crippen molar-refractivity contribution >= 4 is 23.7 Å². The average molecular weight is 290 g/mol. The zero-order valence-corrected chi connectivity index (χ0v) is 12.9. The topological polar surface area (TPSA) is 27.1 Å². The van der Waals surface area contributed by atoms with Crippen molar-refractivity contribution in [1.82, 2.24) is 9.55 Å². The van der Waals surface area contributed by atoms with Crippen molar-refractivity contribution in [2.75, 3.05) is 19.0 Å². The molecule has 2 heterocycles. The molecule has 1 aliphatic rings. The number of ether oxygens (including phenoxy) is 1. The van der Waals surface area contributed by atoms with Crippen molar-refractivity contribution in [3.8, 4) is 0 Å². The van der Waals surface area contributed by atoms with Gasteiger partial charge in [0.25, 0.3) is 0 Å². The maximum atomic E-state index is 5.53. The van der Waals surface area contributed by atoms with Crippen LogP contribution in [0.15, 0.2) is 24.3 Å². The lowest BCUT2D eigenvalue weighted by Crippen LogP contribution is -2.36. The van der Waals surface area contributed by atoms with Crippen LogP contribution in [0.4, 0.5) is 0 Å². The number of imidazole rings is 1. The summed E-state index contributed by atoms with van der Waals surface area (Å²) in [6, 6.07) is 8.43. The second-order valence-corrected chi connectivity index (χ2v) is 6.04. The normalized spacial score (nSPS) is 18.5. The number of aromatic nitrogens is 2. The molecule has 1 aromatic heterocycles. The lowest BCUT2D eigenvalue weighted by atomic mass is 9.82. The molecule has 1 fully saturated rings. The van der Waals surface area contributed by atoms with Gasteiger partial charge >= 0.3 is 0 Å². The average Bonchev–Trinajstić information content (AvgIpc) is 2.86. The van der Waals surface area contributed by atoms with E-state index >= 15 is 0 Å². The highest BCUT2D eigenvalue weighted by Gasteiger charge is 2.32. The molecule has 0 saturated carbocycles. The molecule has 0 aliphatic carbocycles. The monoisotopic (exact) mass is 290 g/mol. The summed E-state index contributed by atoms with van der Waals surface area (Å²) in [6.07, 6.45) is 3.14. The van der Waals surface area contributed by atoms with Gasteiger partial charge in [-0.3, -0.25) is 0 Å². The Balaban J connectivity index is 2.00. The smallest absolute Gasteiger partial charge is 0.109 e. The van der Waals surface area contributed by atoms with E-state index in [0.29, 0.717) is 0 Å². The molecule has 0 unspecified atom stereocenters. The second-order valence-electron chi connectivity index (χ2n) is 5.73. The fourth-order valence-electron chi connectivity index (χ4n) is 3.08. The van der Waals surface area contributed by atoms with E-state index < -0.39 is 0 Å². The van der Waals surface area contributed by atoms with Crippen LogP contribution in [0.2, 0.25) is 0 Å². The SMILES string of the molecule is CCc1nc2ccccc2n1CC1(CS)CCOCC1. The van der Waals surface area contributed by atoms with Crippen molar-refractivity contribution in [2.24, 2.45) is 5.41 Å². The molecule has 0 N–H and O–H groups in total. The quantitative estimate of drug-likeness (QED) is 0.875. The summed E-state index contributed by atoms with van der Waals surface area (Å²) in [7, 11) is 0. The molecule has 0 bridgehead atoms. The highest BCUT2D eigenvalue weighted by molar-refractivity contribution is 7.80. The molecule has 0 amide bonds. The van der Waals surface area contributed by atoms with Crippen molar-refractivity contribution in [3.05, 3.63) is 30.1 Å². The van der Waals surface area contributed by atoms with Gasteiger partial charge in [-0.2, -0.15) is 12.6 Å². The van der Waals surface area contributed by atoms with Gasteiger partial charge in [-0.15, -0.1) is 0 Å². The van der Waals surface area contributed by atoms with Gasteiger partial charge in [0.05, 0.1) is 11.0 Å². The Morgan fingerprint density at radius 1 is 1.30 bits per heavy atom. The van der Waals surface area contributed by atoms with E-state index in [1.807, 2.05) is 0 Å². The second kappa shape index (κ2) is 5.78. The van der Waals surface area contributed by atoms with Crippen LogP contribution >= 0.6 is 12.6 Å². The zero-order chi connectivity index (χ0) is 14.0. The summed E-state index contributed by atoms with van der Waals surface area (Å²) in [5.41, 5.74) is 2.59. The van der Waals surface area contributed by atoms with Crippen LogP contribution in [0.1, 0.15) is 25.6 Å². The summed E-state index contributed by atoms with van der Waals surface area (Å²) in [4.78, 5) is 4.77. The first-order chi connectivity index (χ1) is 9.78. The molecule has 1 aliphatic heterocycles. The maximum absolute atomic E-state index is 5.53. The molecule has 0 radical (unpaired) electrons. The number of para-hydroxylation sites is 2. The fraction of sp³-hybridized carbons (Fsp3) is 0.562. The van der Waals surface area contributed by atoms with E-state index in [1.165, 1.54) is 11.3 Å². The molecule has 2 aromatic rings.